The van der Waals surface area contributed by atoms with Crippen LogP contribution in [0.3, 0.4) is 0 Å². The van der Waals surface area contributed by atoms with Crippen molar-refractivity contribution in [1.82, 2.24) is 9.97 Å². The molecule has 2 heterocycles. The van der Waals surface area contributed by atoms with Crippen LogP contribution < -0.4 is 4.90 Å². The highest BCUT2D eigenvalue weighted by atomic mass is 35.5. The fraction of sp³-hybridized carbons (Fsp3) is 0.130. The Morgan fingerprint density at radius 3 is 2.35 bits per heavy atom. The summed E-state index contributed by atoms with van der Waals surface area (Å²) in [6.45, 7) is -0.484. The molecule has 0 aliphatic carbocycles. The minimum absolute atomic E-state index is 0.0162. The van der Waals surface area contributed by atoms with Gasteiger partial charge in [0.15, 0.2) is 17.5 Å². The average Bonchev–Trinajstić information content (AvgIpc) is 3.12. The SMILES string of the molecule is O=C(COC(=O)c1ccc(N2C(=O)CC(Sc3ncccn3)C2=O)cc1)c1ccc(Cl)c(Cl)c1. The molecule has 0 N–H and O–H groups in total. The van der Waals surface area contributed by atoms with Crippen molar-refractivity contribution in [2.75, 3.05) is 11.5 Å². The van der Waals surface area contributed by atoms with Crippen LogP contribution in [0.25, 0.3) is 0 Å². The van der Waals surface area contributed by atoms with Crippen molar-refractivity contribution >= 4 is 64.2 Å². The lowest BCUT2D eigenvalue weighted by Crippen LogP contribution is -2.31. The number of carbonyl (C=O) groups is 4. The van der Waals surface area contributed by atoms with E-state index in [-0.39, 0.29) is 34.4 Å². The maximum atomic E-state index is 12.8. The Morgan fingerprint density at radius 2 is 1.68 bits per heavy atom. The Balaban J connectivity index is 1.38. The number of carbonyl (C=O) groups excluding carboxylic acids is 4. The van der Waals surface area contributed by atoms with E-state index in [1.165, 1.54) is 42.5 Å². The summed E-state index contributed by atoms with van der Waals surface area (Å²) in [7, 11) is 0. The van der Waals surface area contributed by atoms with Gasteiger partial charge < -0.3 is 4.74 Å². The molecule has 4 rings (SSSR count). The highest BCUT2D eigenvalue weighted by molar-refractivity contribution is 8.00. The zero-order valence-corrected chi connectivity index (χ0v) is 19.6. The van der Waals surface area contributed by atoms with Crippen LogP contribution in [0.15, 0.2) is 66.1 Å². The lowest BCUT2D eigenvalue weighted by atomic mass is 10.1. The standard InChI is InChI=1S/C23H15Cl2N3O5S/c24-16-7-4-14(10-17(16)25)18(29)12-33-22(32)13-2-5-15(6-3-13)28-20(30)11-19(21(28)31)34-23-26-8-1-9-27-23/h1-10,19H,11-12H2. The third-order valence-electron chi connectivity index (χ3n) is 4.83. The summed E-state index contributed by atoms with van der Waals surface area (Å²) in [6.07, 6.45) is 3.14. The number of hydrogen-bond donors (Lipinski definition) is 0. The lowest BCUT2D eigenvalue weighted by molar-refractivity contribution is -0.121. The first-order chi connectivity index (χ1) is 16.3. The Kier molecular flexibility index (Phi) is 7.26. The van der Waals surface area contributed by atoms with Crippen molar-refractivity contribution in [3.8, 4) is 0 Å². The maximum absolute atomic E-state index is 12.8. The van der Waals surface area contributed by atoms with Gasteiger partial charge in [0.05, 0.1) is 21.3 Å². The van der Waals surface area contributed by atoms with E-state index >= 15 is 0 Å². The third kappa shape index (κ3) is 5.27. The number of rotatable bonds is 7. The van der Waals surface area contributed by atoms with Crippen LogP contribution in [0.5, 0.6) is 0 Å². The molecule has 0 spiro atoms. The molecule has 1 aromatic heterocycles. The lowest BCUT2D eigenvalue weighted by Gasteiger charge is -2.15. The molecule has 1 fully saturated rings. The Labute approximate surface area is 208 Å². The predicted octanol–water partition coefficient (Wildman–Crippen LogP) is 4.25. The van der Waals surface area contributed by atoms with Gasteiger partial charge in [-0.3, -0.25) is 14.4 Å². The molecule has 2 amide bonds. The molecule has 3 aromatic rings. The summed E-state index contributed by atoms with van der Waals surface area (Å²) in [5.74, 6) is -1.91. The first-order valence-corrected chi connectivity index (χ1v) is 11.5. The number of halogens is 2. The van der Waals surface area contributed by atoms with Crippen molar-refractivity contribution in [2.24, 2.45) is 0 Å². The van der Waals surface area contributed by atoms with Crippen molar-refractivity contribution in [1.29, 1.82) is 0 Å². The highest BCUT2D eigenvalue weighted by Crippen LogP contribution is 2.32. The van der Waals surface area contributed by atoms with E-state index < -0.39 is 23.6 Å². The van der Waals surface area contributed by atoms with Crippen LogP contribution >= 0.6 is 35.0 Å². The van der Waals surface area contributed by atoms with Gasteiger partial charge in [0.1, 0.15) is 5.25 Å². The summed E-state index contributed by atoms with van der Waals surface area (Å²) in [5.41, 5.74) is 0.751. The number of hydrogen-bond acceptors (Lipinski definition) is 8. The molecule has 172 valence electrons. The van der Waals surface area contributed by atoms with Gasteiger partial charge in [0.2, 0.25) is 11.8 Å². The Hall–Kier alpha value is -3.27. The Bertz CT molecular complexity index is 1270. The molecule has 11 heteroatoms. The number of benzene rings is 2. The molecule has 34 heavy (non-hydrogen) atoms. The van der Waals surface area contributed by atoms with Crippen LogP contribution in [0.2, 0.25) is 10.0 Å². The van der Waals surface area contributed by atoms with Crippen LogP contribution in [0, 0.1) is 0 Å². The number of thioether (sulfide) groups is 1. The molecule has 1 atom stereocenters. The van der Waals surface area contributed by atoms with Crippen LogP contribution in [-0.2, 0) is 14.3 Å². The van der Waals surface area contributed by atoms with Gasteiger partial charge in [-0.1, -0.05) is 35.0 Å². The van der Waals surface area contributed by atoms with Gasteiger partial charge in [0.25, 0.3) is 0 Å². The zero-order valence-electron chi connectivity index (χ0n) is 17.3. The zero-order chi connectivity index (χ0) is 24.2. The molecule has 0 bridgehead atoms. The van der Waals surface area contributed by atoms with E-state index in [0.717, 1.165) is 16.7 Å². The molecule has 1 aliphatic rings. The van der Waals surface area contributed by atoms with E-state index in [9.17, 15) is 19.2 Å². The van der Waals surface area contributed by atoms with Gasteiger partial charge in [-0.15, -0.1) is 0 Å². The summed E-state index contributed by atoms with van der Waals surface area (Å²) in [6, 6.07) is 11.8. The quantitative estimate of drug-likeness (QED) is 0.199. The molecule has 8 nitrogen and oxygen atoms in total. The first-order valence-electron chi connectivity index (χ1n) is 9.89. The highest BCUT2D eigenvalue weighted by Gasteiger charge is 2.40. The minimum Gasteiger partial charge on any atom is -0.454 e. The second-order valence-electron chi connectivity index (χ2n) is 7.08. The number of aromatic nitrogens is 2. The van der Waals surface area contributed by atoms with Crippen LogP contribution in [0.4, 0.5) is 5.69 Å². The van der Waals surface area contributed by atoms with Gasteiger partial charge in [-0.2, -0.15) is 0 Å². The molecule has 2 aromatic carbocycles. The van der Waals surface area contributed by atoms with Gasteiger partial charge in [0, 0.05) is 24.4 Å². The number of anilines is 1. The fourth-order valence-electron chi connectivity index (χ4n) is 3.15. The monoisotopic (exact) mass is 515 g/mol. The van der Waals surface area contributed by atoms with E-state index in [1.807, 2.05) is 0 Å². The van der Waals surface area contributed by atoms with Crippen LogP contribution in [0.1, 0.15) is 27.1 Å². The number of ketones is 1. The molecule has 1 aliphatic heterocycles. The number of ether oxygens (including phenoxy) is 1. The number of nitrogens with zero attached hydrogens (tertiary/aromatic N) is 3. The molecular weight excluding hydrogens is 501 g/mol. The van der Waals surface area contributed by atoms with E-state index in [1.54, 1.807) is 18.5 Å². The summed E-state index contributed by atoms with van der Waals surface area (Å²) < 4.78 is 5.08. The number of esters is 1. The average molecular weight is 516 g/mol. The van der Waals surface area contributed by atoms with Crippen molar-refractivity contribution in [3.05, 3.63) is 82.1 Å². The topological polar surface area (TPSA) is 107 Å². The molecule has 1 unspecified atom stereocenters. The largest absolute Gasteiger partial charge is 0.454 e. The normalized spacial score (nSPS) is 15.5. The van der Waals surface area contributed by atoms with Gasteiger partial charge in [-0.05, 0) is 48.5 Å². The van der Waals surface area contributed by atoms with E-state index in [2.05, 4.69) is 9.97 Å². The number of amides is 2. The first kappa shape index (κ1) is 23.9. The van der Waals surface area contributed by atoms with E-state index in [0.29, 0.717) is 15.9 Å². The maximum Gasteiger partial charge on any atom is 0.338 e. The number of Topliss-reactive ketones (excluding diaryl/α,β-unsaturated/α-hetero) is 1. The summed E-state index contributed by atoms with van der Waals surface area (Å²) >= 11 is 12.9. The molecular formula is C23H15Cl2N3O5S. The second-order valence-corrected chi connectivity index (χ2v) is 9.07. The van der Waals surface area contributed by atoms with Crippen molar-refractivity contribution in [3.63, 3.8) is 0 Å². The minimum atomic E-state index is -0.728. The van der Waals surface area contributed by atoms with E-state index in [4.69, 9.17) is 27.9 Å². The van der Waals surface area contributed by atoms with Gasteiger partial charge in [-0.25, -0.2) is 19.7 Å². The predicted molar refractivity (Wildman–Crippen MR) is 126 cm³/mol. The molecule has 0 radical (unpaired) electrons. The van der Waals surface area contributed by atoms with Crippen LogP contribution in [-0.4, -0.2) is 45.4 Å². The second kappa shape index (κ2) is 10.3. The van der Waals surface area contributed by atoms with Crippen molar-refractivity contribution < 1.29 is 23.9 Å². The van der Waals surface area contributed by atoms with Gasteiger partial charge >= 0.3 is 5.97 Å². The molecule has 0 saturated carbocycles. The smallest absolute Gasteiger partial charge is 0.338 e. The summed E-state index contributed by atoms with van der Waals surface area (Å²) in [5, 5.41) is 0.303. The number of imide groups is 1. The van der Waals surface area contributed by atoms with Crippen molar-refractivity contribution in [2.45, 2.75) is 16.8 Å². The summed E-state index contributed by atoms with van der Waals surface area (Å²) in [4.78, 5) is 59.0. The third-order valence-corrected chi connectivity index (χ3v) is 6.65. The Morgan fingerprint density at radius 1 is 1.00 bits per heavy atom. The molecule has 1 saturated heterocycles. The fourth-order valence-corrected chi connectivity index (χ4v) is 4.38.